The summed E-state index contributed by atoms with van der Waals surface area (Å²) in [5.41, 5.74) is 15.2. The Morgan fingerprint density at radius 3 is 0.417 bits per heavy atom. The second kappa shape index (κ2) is 70.5. The van der Waals surface area contributed by atoms with Gasteiger partial charge in [0.05, 0.1) is 77.8 Å². The minimum absolute atomic E-state index is 0.138. The summed E-state index contributed by atoms with van der Waals surface area (Å²) in [6.45, 7) is 17.9. The second-order valence-electron chi connectivity index (χ2n) is 34.0. The van der Waals surface area contributed by atoms with E-state index < -0.39 is 372 Å². The van der Waals surface area contributed by atoms with E-state index in [-0.39, 0.29) is 37.6 Å². The quantitative estimate of drug-likeness (QED) is 0.0277. The van der Waals surface area contributed by atoms with E-state index in [1.54, 1.807) is 62.3 Å². The molecule has 0 aliphatic carbocycles. The molecule has 0 bridgehead atoms. The Morgan fingerprint density at radius 1 is 0.194 bits per heavy atom. The fraction of sp³-hybridized carbons (Fsp3) is 0.964. The van der Waals surface area contributed by atoms with Crippen LogP contribution in [0, 0.1) is 0 Å². The molecule has 0 aromatic heterocycles. The lowest BCUT2D eigenvalue weighted by Crippen LogP contribution is -2.60. The SMILES string of the molecule is CCC(C)O[C@H]1OC(CO)[C@@H](O)C(O)[C@@H]1O.CCC(C)O[C@H]1OC(CO)[C@@H](O)C(O)[C@H]1O.CCC(C)O[C@H]1OC(CO)[C@H](O)C(O)[C@@H]1O.CCC(O[C@@H]1OC(CO)[C@@H](O)C(O)[C@@H]1O)C(N)=O.CCC(O[C@@H]1OC(CO)[C@@H](O)C(O)[C@H]1O)C(N)=O.CCC(O[C@@H]1OC(CO)[C@H](O)C(O)[C@@H]1O)C(N)=O.CCO[C@H]1OC(CO)[C@@H](O)C(O)[C@@H]1O.CCO[C@H]1OC(CO)[C@@H](O)C(O)[C@H]1O.CCO[C@H]1OC(CO)[C@H](O)C(O)[C@@H]1O. The number of nitrogens with two attached hydrogens (primary N) is 3. The van der Waals surface area contributed by atoms with E-state index in [4.69, 9.17) is 148 Å². The Kier molecular flexibility index (Phi) is 67.7. The molecule has 9 aliphatic rings. The summed E-state index contributed by atoms with van der Waals surface area (Å²) in [4.78, 5) is 33.0. The molecule has 60 nitrogen and oxygen atoms in total. The average Bonchev–Trinajstić information content (AvgIpc) is 0.805. The first-order chi connectivity index (χ1) is 67.6. The molecule has 9 fully saturated rings. The molecule has 42 N–H and O–H groups in total. The van der Waals surface area contributed by atoms with Gasteiger partial charge in [0.2, 0.25) is 17.7 Å². The number of carbonyl (C=O) groups is 3. The van der Waals surface area contributed by atoms with E-state index in [1.165, 1.54) is 0 Å². The van der Waals surface area contributed by atoms with Gasteiger partial charge in [0.1, 0.15) is 238 Å². The van der Waals surface area contributed by atoms with Crippen molar-refractivity contribution in [2.75, 3.05) is 79.3 Å². The average molecular weight is 2130 g/mol. The summed E-state index contributed by atoms with van der Waals surface area (Å²) in [6.07, 6.45) is -56.7. The van der Waals surface area contributed by atoms with Crippen LogP contribution in [-0.2, 0) is 99.6 Å². The summed E-state index contributed by atoms with van der Waals surface area (Å²) in [5.74, 6) is -2.18. The van der Waals surface area contributed by atoms with Gasteiger partial charge in [-0.25, -0.2) is 0 Å². The number of amides is 3. The number of aliphatic hydroxyl groups excluding tert-OH is 36. The molecule has 9 rings (SSSR count). The second-order valence-corrected chi connectivity index (χ2v) is 34.0. The first-order valence-electron chi connectivity index (χ1n) is 47.0. The van der Waals surface area contributed by atoms with Gasteiger partial charge < -0.3 is 286 Å². The van der Waals surface area contributed by atoms with E-state index in [0.29, 0.717) is 19.8 Å². The van der Waals surface area contributed by atoms with Crippen molar-refractivity contribution in [1.29, 1.82) is 0 Å². The molecule has 51 atom stereocenters. The topological polar surface area (TPSA) is 1020 Å². The van der Waals surface area contributed by atoms with Crippen LogP contribution in [0.2, 0.25) is 0 Å². The molecular formula is C84H165N3O57. The van der Waals surface area contributed by atoms with Crippen molar-refractivity contribution in [3.63, 3.8) is 0 Å². The molecular weight excluding hydrogens is 1960 g/mol. The first kappa shape index (κ1) is 138. The van der Waals surface area contributed by atoms with Crippen LogP contribution in [0.3, 0.4) is 0 Å². The van der Waals surface area contributed by atoms with E-state index in [0.717, 1.165) is 19.3 Å². The van der Waals surface area contributed by atoms with Crippen molar-refractivity contribution in [3.05, 3.63) is 0 Å². The summed E-state index contributed by atoms with van der Waals surface area (Å²) >= 11 is 0. The molecule has 0 aromatic carbocycles. The Hall–Kier alpha value is -3.75. The standard InChI is InChI=1S/3C10H19NO7.3C10H20O6.3C8H16O6/c3*1-2-4(9(11)16)17-10-8(15)7(14)6(13)5(3-12)18-10;3*1-3-5(2)15-10-9(14)8(13)7(12)6(4-11)16-10;3*1-2-13-8-7(12)6(11)5(10)4(3-9)14-8/h3*4-8,10,12-15H,2-3H2,1H3,(H2,11,16);3*5-14H,3-4H2,1-2H3;3*4-12H,2-3H2,1H3/t4?,5?,6-,7?,8+,10-;4?,5?,6-,7?,8-,10+;4?,5?,6-,7?,8-,10-;5?,6?,7-,8?,9+,10+;5?,6?,7-,8?,9-,10+;5?,6?,7-,8?,9-,10-;4?,5-,6?,7+,8+;4?,5-,6?,7-,8+;4?,5-,6?,7-,8-/m101110110/s1. The van der Waals surface area contributed by atoms with Crippen molar-refractivity contribution < 1.29 is 283 Å². The predicted octanol–water partition coefficient (Wildman–Crippen LogP) is -19.5. The Labute approximate surface area is 829 Å². The van der Waals surface area contributed by atoms with Gasteiger partial charge in [0.25, 0.3) is 0 Å². The number of aliphatic hydroxyl groups is 36. The number of primary amides is 3. The van der Waals surface area contributed by atoms with Crippen molar-refractivity contribution in [2.45, 2.75) is 435 Å². The highest BCUT2D eigenvalue weighted by atomic mass is 16.8. The van der Waals surface area contributed by atoms with Crippen molar-refractivity contribution in [2.24, 2.45) is 17.2 Å². The van der Waals surface area contributed by atoms with Gasteiger partial charge in [0, 0.05) is 19.8 Å². The van der Waals surface area contributed by atoms with Gasteiger partial charge >= 0.3 is 0 Å². The number of carbonyl (C=O) groups excluding carboxylic acids is 3. The normalized spacial score (nSPS) is 41.2. The highest BCUT2D eigenvalue weighted by molar-refractivity contribution is 5.79. The van der Waals surface area contributed by atoms with Gasteiger partial charge in [-0.2, -0.15) is 0 Å². The molecule has 0 spiro atoms. The largest absolute Gasteiger partial charge is 0.394 e. The van der Waals surface area contributed by atoms with E-state index >= 15 is 0 Å². The maximum absolute atomic E-state index is 11.0. The van der Waals surface area contributed by atoms with E-state index in [2.05, 4.69) is 0 Å². The van der Waals surface area contributed by atoms with Crippen LogP contribution in [0.4, 0.5) is 0 Å². The Morgan fingerprint density at radius 2 is 0.312 bits per heavy atom. The van der Waals surface area contributed by atoms with Crippen LogP contribution in [-0.4, -0.2) is 594 Å². The minimum Gasteiger partial charge on any atom is -0.394 e. The van der Waals surface area contributed by atoms with Crippen molar-refractivity contribution in [3.8, 4) is 0 Å². The Balaban J connectivity index is 0.000000811. The fourth-order valence-electron chi connectivity index (χ4n) is 13.7. The van der Waals surface area contributed by atoms with Crippen LogP contribution in [0.1, 0.15) is 122 Å². The summed E-state index contributed by atoms with van der Waals surface area (Å²) < 4.78 is 92.3. The molecule has 9 aliphatic heterocycles. The molecule has 0 aromatic rings. The minimum atomic E-state index is -1.54. The fourth-order valence-corrected chi connectivity index (χ4v) is 13.7. The smallest absolute Gasteiger partial charge is 0.246 e. The zero-order valence-electron chi connectivity index (χ0n) is 82.1. The zero-order chi connectivity index (χ0) is 111. The number of hydrogen-bond donors (Lipinski definition) is 39. The third-order valence-corrected chi connectivity index (χ3v) is 23.4. The monoisotopic (exact) mass is 2130 g/mol. The van der Waals surface area contributed by atoms with Gasteiger partial charge in [-0.15, -0.1) is 0 Å². The third kappa shape index (κ3) is 41.3. The van der Waals surface area contributed by atoms with Crippen LogP contribution in [0.25, 0.3) is 0 Å². The van der Waals surface area contributed by atoms with Crippen molar-refractivity contribution >= 4 is 17.7 Å². The van der Waals surface area contributed by atoms with Crippen LogP contribution >= 0.6 is 0 Å². The molecule has 24 unspecified atom stereocenters. The summed E-state index contributed by atoms with van der Waals surface area (Å²) in [6, 6.07) is 0. The van der Waals surface area contributed by atoms with Crippen LogP contribution in [0.5, 0.6) is 0 Å². The van der Waals surface area contributed by atoms with Gasteiger partial charge in [-0.1, -0.05) is 41.5 Å². The molecule has 0 saturated carbocycles. The summed E-state index contributed by atoms with van der Waals surface area (Å²) in [7, 11) is 0. The summed E-state index contributed by atoms with van der Waals surface area (Å²) in [5, 5.41) is 336. The van der Waals surface area contributed by atoms with Crippen molar-refractivity contribution in [1.82, 2.24) is 0 Å². The van der Waals surface area contributed by atoms with Crippen LogP contribution in [0.15, 0.2) is 0 Å². The molecule has 144 heavy (non-hydrogen) atoms. The maximum atomic E-state index is 11.0. The van der Waals surface area contributed by atoms with Gasteiger partial charge in [0.15, 0.2) is 56.6 Å². The molecule has 60 heteroatoms. The molecule has 3 amide bonds. The number of rotatable bonds is 36. The van der Waals surface area contributed by atoms with Crippen LogP contribution < -0.4 is 17.2 Å². The molecule has 9 heterocycles. The lowest BCUT2D eigenvalue weighted by Gasteiger charge is -2.40. The maximum Gasteiger partial charge on any atom is 0.246 e. The lowest BCUT2D eigenvalue weighted by atomic mass is 9.99. The van der Waals surface area contributed by atoms with Gasteiger partial charge in [-0.3, -0.25) is 14.4 Å². The lowest BCUT2D eigenvalue weighted by molar-refractivity contribution is -0.310. The van der Waals surface area contributed by atoms with Gasteiger partial charge in [-0.05, 0) is 80.1 Å². The molecule has 858 valence electrons. The predicted molar refractivity (Wildman–Crippen MR) is 474 cm³/mol. The number of ether oxygens (including phenoxy) is 18. The Bertz CT molecular complexity index is 2980. The third-order valence-electron chi connectivity index (χ3n) is 23.4. The molecule has 9 saturated heterocycles. The highest BCUT2D eigenvalue weighted by Gasteiger charge is 2.53. The highest BCUT2D eigenvalue weighted by Crippen LogP contribution is 2.32. The zero-order valence-corrected chi connectivity index (χ0v) is 82.1. The number of hydrogen-bond acceptors (Lipinski definition) is 57. The molecule has 0 radical (unpaired) electrons. The van der Waals surface area contributed by atoms with E-state index in [9.17, 15) is 152 Å². The first-order valence-corrected chi connectivity index (χ1v) is 47.0. The van der Waals surface area contributed by atoms with E-state index in [1.807, 2.05) is 20.8 Å².